The lowest BCUT2D eigenvalue weighted by Gasteiger charge is -2.26. The summed E-state index contributed by atoms with van der Waals surface area (Å²) in [5.41, 5.74) is 7.81. The first-order chi connectivity index (χ1) is 19.9. The Morgan fingerprint density at radius 1 is 1.05 bits per heavy atom. The number of nitrogens with zero attached hydrogens (tertiary/aromatic N) is 1. The second-order valence-electron chi connectivity index (χ2n) is 10.4. The molecule has 0 bridgehead atoms. The molecule has 1 heterocycles. The average Bonchev–Trinajstić information content (AvgIpc) is 2.94. The molecule has 41 heavy (non-hydrogen) atoms. The van der Waals surface area contributed by atoms with E-state index >= 15 is 0 Å². The number of rotatable bonds is 12. The third-order valence-corrected chi connectivity index (χ3v) is 8.42. The van der Waals surface area contributed by atoms with Gasteiger partial charge in [-0.1, -0.05) is 30.7 Å². The zero-order valence-corrected chi connectivity index (χ0v) is 24.6. The molecular weight excluding hydrogens is 534 g/mol. The van der Waals surface area contributed by atoms with Gasteiger partial charge in [-0.05, 0) is 87.0 Å². The zero-order chi connectivity index (χ0) is 28.8. The summed E-state index contributed by atoms with van der Waals surface area (Å²) in [7, 11) is 0. The molecule has 1 saturated carbocycles. The molecule has 5 rings (SSSR count). The van der Waals surface area contributed by atoms with E-state index in [9.17, 15) is 4.79 Å². The van der Waals surface area contributed by atoms with Crippen molar-refractivity contribution < 1.29 is 19.0 Å². The van der Waals surface area contributed by atoms with E-state index in [2.05, 4.69) is 28.5 Å². The molecule has 0 saturated heterocycles. The van der Waals surface area contributed by atoms with E-state index in [1.165, 1.54) is 24.2 Å². The summed E-state index contributed by atoms with van der Waals surface area (Å²) in [4.78, 5) is 19.2. The molecule has 1 atom stereocenters. The van der Waals surface area contributed by atoms with Crippen LogP contribution in [-0.4, -0.2) is 28.9 Å². The maximum Gasteiger partial charge on any atom is 0.266 e. The van der Waals surface area contributed by atoms with Crippen LogP contribution in [0, 0.1) is 0 Å². The predicted octanol–water partition coefficient (Wildman–Crippen LogP) is 7.08. The standard InChI is InChI=1S/C33H37N3O4S/c1-4-38-29-19-23(12-15-28(29)39-21(2)3)31(40-25-13-14-27-22(18-25)16-17-35-32(27)34)33(37)36-20-24-8-5-6-11-30(24)41-26-9-7-10-26/h5-6,8,11-19,21,26,31H,4,7,9-10,20H2,1-3H3,(H2,34,35)(H,36,37). The Morgan fingerprint density at radius 2 is 1.88 bits per heavy atom. The second kappa shape index (κ2) is 13.2. The van der Waals surface area contributed by atoms with E-state index < -0.39 is 6.10 Å². The van der Waals surface area contributed by atoms with Gasteiger partial charge in [0.1, 0.15) is 11.6 Å². The van der Waals surface area contributed by atoms with Gasteiger partial charge in [-0.2, -0.15) is 0 Å². The summed E-state index contributed by atoms with van der Waals surface area (Å²) in [6.45, 7) is 6.71. The minimum atomic E-state index is -0.926. The highest BCUT2D eigenvalue weighted by Gasteiger charge is 2.26. The molecule has 0 aliphatic heterocycles. The van der Waals surface area contributed by atoms with Crippen LogP contribution in [0.15, 0.2) is 77.8 Å². The van der Waals surface area contributed by atoms with Crippen molar-refractivity contribution in [2.24, 2.45) is 0 Å². The molecular formula is C33H37N3O4S. The van der Waals surface area contributed by atoms with Crippen molar-refractivity contribution in [3.8, 4) is 17.2 Å². The molecule has 8 heteroatoms. The maximum absolute atomic E-state index is 13.8. The van der Waals surface area contributed by atoms with Crippen molar-refractivity contribution in [3.63, 3.8) is 0 Å². The van der Waals surface area contributed by atoms with E-state index in [1.54, 1.807) is 6.20 Å². The quantitative estimate of drug-likeness (QED) is 0.188. The Balaban J connectivity index is 1.43. The van der Waals surface area contributed by atoms with Crippen molar-refractivity contribution in [2.75, 3.05) is 12.3 Å². The minimum Gasteiger partial charge on any atom is -0.490 e. The van der Waals surface area contributed by atoms with Gasteiger partial charge >= 0.3 is 0 Å². The van der Waals surface area contributed by atoms with E-state index in [0.717, 1.165) is 16.3 Å². The first-order valence-electron chi connectivity index (χ1n) is 14.2. The largest absolute Gasteiger partial charge is 0.490 e. The van der Waals surface area contributed by atoms with Gasteiger partial charge in [-0.15, -0.1) is 11.8 Å². The Morgan fingerprint density at radius 3 is 2.63 bits per heavy atom. The fourth-order valence-corrected chi connectivity index (χ4v) is 6.05. The number of benzene rings is 3. The highest BCUT2D eigenvalue weighted by Crippen LogP contribution is 2.38. The number of fused-ring (bicyclic) bond motifs is 1. The van der Waals surface area contributed by atoms with Gasteiger partial charge in [0.15, 0.2) is 11.5 Å². The number of hydrogen-bond acceptors (Lipinski definition) is 7. The van der Waals surface area contributed by atoms with Gasteiger partial charge in [0.2, 0.25) is 6.10 Å². The van der Waals surface area contributed by atoms with Gasteiger partial charge in [0.05, 0.1) is 12.7 Å². The molecule has 4 aromatic rings. The lowest BCUT2D eigenvalue weighted by atomic mass is 10.00. The second-order valence-corrected chi connectivity index (χ2v) is 11.7. The Kier molecular flexibility index (Phi) is 9.19. The van der Waals surface area contributed by atoms with E-state index in [4.69, 9.17) is 19.9 Å². The van der Waals surface area contributed by atoms with Gasteiger partial charge in [0.25, 0.3) is 5.91 Å². The number of anilines is 1. The number of carbonyl (C=O) groups is 1. The van der Waals surface area contributed by atoms with E-state index in [0.29, 0.717) is 47.0 Å². The van der Waals surface area contributed by atoms with Crippen LogP contribution in [0.25, 0.3) is 10.8 Å². The molecule has 214 valence electrons. The number of aromatic nitrogens is 1. The Hall–Kier alpha value is -3.91. The fourth-order valence-electron chi connectivity index (χ4n) is 4.68. The Labute approximate surface area is 245 Å². The van der Waals surface area contributed by atoms with Crippen LogP contribution >= 0.6 is 11.8 Å². The van der Waals surface area contributed by atoms with Gasteiger partial charge in [-0.25, -0.2) is 4.98 Å². The van der Waals surface area contributed by atoms with Crippen LogP contribution in [0.1, 0.15) is 57.3 Å². The molecule has 1 fully saturated rings. The smallest absolute Gasteiger partial charge is 0.266 e. The number of nitrogens with two attached hydrogens (primary N) is 1. The van der Waals surface area contributed by atoms with E-state index in [-0.39, 0.29) is 12.0 Å². The summed E-state index contributed by atoms with van der Waals surface area (Å²) < 4.78 is 18.2. The van der Waals surface area contributed by atoms with Crippen LogP contribution in [0.4, 0.5) is 5.82 Å². The summed E-state index contributed by atoms with van der Waals surface area (Å²) in [5, 5.41) is 5.50. The zero-order valence-electron chi connectivity index (χ0n) is 23.8. The SMILES string of the molecule is CCOc1cc(C(Oc2ccc3c(N)nccc3c2)C(=O)NCc2ccccc2SC2CCC2)ccc1OC(C)C. The molecule has 3 aromatic carbocycles. The van der Waals surface area contributed by atoms with Crippen molar-refractivity contribution >= 4 is 34.3 Å². The first kappa shape index (κ1) is 28.6. The minimum absolute atomic E-state index is 0.0206. The van der Waals surface area contributed by atoms with Crippen LogP contribution in [0.5, 0.6) is 17.2 Å². The van der Waals surface area contributed by atoms with Crippen molar-refractivity contribution in [2.45, 2.75) is 68.9 Å². The number of carbonyl (C=O) groups excluding carboxylic acids is 1. The molecule has 3 N–H and O–H groups in total. The topological polar surface area (TPSA) is 95.7 Å². The van der Waals surface area contributed by atoms with Crippen LogP contribution in [0.3, 0.4) is 0 Å². The molecule has 7 nitrogen and oxygen atoms in total. The lowest BCUT2D eigenvalue weighted by Crippen LogP contribution is -2.32. The summed E-state index contributed by atoms with van der Waals surface area (Å²) in [5.74, 6) is 1.94. The summed E-state index contributed by atoms with van der Waals surface area (Å²) >= 11 is 1.90. The predicted molar refractivity (Wildman–Crippen MR) is 165 cm³/mol. The van der Waals surface area contributed by atoms with Crippen molar-refractivity contribution in [1.82, 2.24) is 10.3 Å². The van der Waals surface area contributed by atoms with Gasteiger partial charge in [-0.3, -0.25) is 4.79 Å². The number of pyridine rings is 1. The molecule has 1 aliphatic carbocycles. The third-order valence-electron chi connectivity index (χ3n) is 6.96. The summed E-state index contributed by atoms with van der Waals surface area (Å²) in [6, 6.07) is 21.2. The first-order valence-corrected chi connectivity index (χ1v) is 15.1. The number of ether oxygens (including phenoxy) is 3. The lowest BCUT2D eigenvalue weighted by molar-refractivity contribution is -0.128. The fraction of sp³-hybridized carbons (Fsp3) is 0.333. The third kappa shape index (κ3) is 7.06. The molecule has 0 spiro atoms. The monoisotopic (exact) mass is 571 g/mol. The molecule has 0 radical (unpaired) electrons. The Bertz CT molecular complexity index is 1510. The normalized spacial score (nSPS) is 14.0. The molecule has 1 amide bonds. The highest BCUT2D eigenvalue weighted by molar-refractivity contribution is 8.00. The van der Waals surface area contributed by atoms with Gasteiger partial charge < -0.3 is 25.3 Å². The van der Waals surface area contributed by atoms with Crippen LogP contribution < -0.4 is 25.3 Å². The number of nitrogens with one attached hydrogen (secondary N) is 1. The van der Waals surface area contributed by atoms with Crippen molar-refractivity contribution in [3.05, 3.63) is 84.1 Å². The number of amides is 1. The summed E-state index contributed by atoms with van der Waals surface area (Å²) in [6.07, 6.45) is 4.49. The van der Waals surface area contributed by atoms with Crippen LogP contribution in [0.2, 0.25) is 0 Å². The van der Waals surface area contributed by atoms with Crippen molar-refractivity contribution in [1.29, 1.82) is 0 Å². The molecule has 1 unspecified atom stereocenters. The number of thioether (sulfide) groups is 1. The average molecular weight is 572 g/mol. The number of nitrogen functional groups attached to an aromatic ring is 1. The van der Waals surface area contributed by atoms with E-state index in [1.807, 2.05) is 81.1 Å². The number of hydrogen-bond donors (Lipinski definition) is 2. The highest BCUT2D eigenvalue weighted by atomic mass is 32.2. The maximum atomic E-state index is 13.8. The van der Waals surface area contributed by atoms with Gasteiger partial charge in [0, 0.05) is 33.8 Å². The van der Waals surface area contributed by atoms with Crippen LogP contribution in [-0.2, 0) is 11.3 Å². The molecule has 1 aliphatic rings. The molecule has 1 aromatic heterocycles.